The van der Waals surface area contributed by atoms with E-state index in [1.165, 1.54) is 12.8 Å². The summed E-state index contributed by atoms with van der Waals surface area (Å²) in [6, 6.07) is 1.93. The van der Waals surface area contributed by atoms with Gasteiger partial charge in [0.25, 0.3) is 0 Å². The van der Waals surface area contributed by atoms with Crippen molar-refractivity contribution in [2.24, 2.45) is 12.5 Å². The molecule has 0 aromatic carbocycles. The van der Waals surface area contributed by atoms with Crippen molar-refractivity contribution in [3.8, 4) is 0 Å². The van der Waals surface area contributed by atoms with Gasteiger partial charge in [-0.1, -0.05) is 19.8 Å². The van der Waals surface area contributed by atoms with Gasteiger partial charge in [-0.2, -0.15) is 5.10 Å². The minimum atomic E-state index is -0.383. The number of aliphatic hydroxyl groups is 1. The summed E-state index contributed by atoms with van der Waals surface area (Å²) in [5.74, 6) is 0. The molecule has 3 heteroatoms. The van der Waals surface area contributed by atoms with Crippen LogP contribution in [0.4, 0.5) is 0 Å². The Hall–Kier alpha value is -0.830. The van der Waals surface area contributed by atoms with E-state index in [-0.39, 0.29) is 11.5 Å². The Bertz CT molecular complexity index is 326. The van der Waals surface area contributed by atoms with Crippen LogP contribution in [0.15, 0.2) is 12.3 Å². The Balaban J connectivity index is 2.21. The van der Waals surface area contributed by atoms with E-state index in [0.29, 0.717) is 0 Å². The highest BCUT2D eigenvalue weighted by Crippen LogP contribution is 2.49. The van der Waals surface area contributed by atoms with Gasteiger partial charge in [-0.15, -0.1) is 0 Å². The highest BCUT2D eigenvalue weighted by molar-refractivity contribution is 5.08. The highest BCUT2D eigenvalue weighted by Gasteiger charge is 2.40. The first-order valence-electron chi connectivity index (χ1n) is 5.85. The second-order valence-corrected chi connectivity index (χ2v) is 4.74. The van der Waals surface area contributed by atoms with Crippen LogP contribution in [0, 0.1) is 5.41 Å². The van der Waals surface area contributed by atoms with E-state index in [0.717, 1.165) is 25.0 Å². The zero-order chi connectivity index (χ0) is 10.9. The minimum Gasteiger partial charge on any atom is -0.386 e. The van der Waals surface area contributed by atoms with Crippen molar-refractivity contribution in [2.45, 2.75) is 45.1 Å². The molecule has 1 saturated carbocycles. The summed E-state index contributed by atoms with van der Waals surface area (Å²) in [4.78, 5) is 0. The number of aryl methyl sites for hydroxylation is 1. The van der Waals surface area contributed by atoms with E-state index in [1.54, 1.807) is 4.68 Å². The molecule has 0 aliphatic heterocycles. The second-order valence-electron chi connectivity index (χ2n) is 4.74. The molecule has 1 aromatic heterocycles. The maximum absolute atomic E-state index is 10.4. The molecule has 0 amide bonds. The third kappa shape index (κ3) is 1.81. The summed E-state index contributed by atoms with van der Waals surface area (Å²) in [5.41, 5.74) is 0.926. The van der Waals surface area contributed by atoms with E-state index < -0.39 is 0 Å². The van der Waals surface area contributed by atoms with Crippen molar-refractivity contribution in [1.82, 2.24) is 9.78 Å². The fraction of sp³-hybridized carbons (Fsp3) is 0.750. The summed E-state index contributed by atoms with van der Waals surface area (Å²) in [6.07, 6.45) is 7.34. The molecule has 0 spiro atoms. The van der Waals surface area contributed by atoms with Crippen LogP contribution >= 0.6 is 0 Å². The van der Waals surface area contributed by atoms with Gasteiger partial charge in [0.2, 0.25) is 0 Å². The molecule has 1 aliphatic rings. The Morgan fingerprint density at radius 2 is 2.20 bits per heavy atom. The van der Waals surface area contributed by atoms with Crippen LogP contribution in [0.3, 0.4) is 0 Å². The predicted molar refractivity (Wildman–Crippen MR) is 59.4 cm³/mol. The summed E-state index contributed by atoms with van der Waals surface area (Å²) in [6.45, 7) is 2.18. The number of nitrogens with zero attached hydrogens (tertiary/aromatic N) is 2. The Morgan fingerprint density at radius 3 is 2.67 bits per heavy atom. The molecule has 1 unspecified atom stereocenters. The van der Waals surface area contributed by atoms with Crippen molar-refractivity contribution in [3.05, 3.63) is 18.0 Å². The van der Waals surface area contributed by atoms with Crippen LogP contribution in [0.2, 0.25) is 0 Å². The van der Waals surface area contributed by atoms with Gasteiger partial charge < -0.3 is 5.11 Å². The van der Waals surface area contributed by atoms with E-state index >= 15 is 0 Å². The second kappa shape index (κ2) is 3.97. The van der Waals surface area contributed by atoms with Gasteiger partial charge >= 0.3 is 0 Å². The quantitative estimate of drug-likeness (QED) is 0.828. The molecule has 2 rings (SSSR count). The maximum atomic E-state index is 10.4. The number of hydrogen-bond donors (Lipinski definition) is 1. The van der Waals surface area contributed by atoms with Crippen molar-refractivity contribution in [3.63, 3.8) is 0 Å². The van der Waals surface area contributed by atoms with Crippen molar-refractivity contribution >= 4 is 0 Å². The average Bonchev–Trinajstić information content (AvgIpc) is 2.86. The number of aliphatic hydroxyl groups excluding tert-OH is 1. The Kier molecular flexibility index (Phi) is 2.83. The van der Waals surface area contributed by atoms with E-state index in [9.17, 15) is 5.11 Å². The van der Waals surface area contributed by atoms with E-state index in [1.807, 2.05) is 19.3 Å². The molecule has 1 aromatic rings. The van der Waals surface area contributed by atoms with Crippen molar-refractivity contribution in [1.29, 1.82) is 0 Å². The third-order valence-corrected chi connectivity index (χ3v) is 3.90. The van der Waals surface area contributed by atoms with Gasteiger partial charge in [-0.25, -0.2) is 0 Å². The normalized spacial score (nSPS) is 21.8. The standard InChI is InChI=1S/C12H20N2O/c1-3-12(7-4-5-8-12)11(15)10-6-9-14(2)13-10/h6,9,11,15H,3-5,7-8H2,1-2H3. The van der Waals surface area contributed by atoms with Crippen LogP contribution < -0.4 is 0 Å². The minimum absolute atomic E-state index is 0.0916. The summed E-state index contributed by atoms with van der Waals surface area (Å²) < 4.78 is 1.76. The number of hydrogen-bond acceptors (Lipinski definition) is 2. The number of rotatable bonds is 3. The van der Waals surface area contributed by atoms with E-state index in [2.05, 4.69) is 12.0 Å². The first kappa shape index (κ1) is 10.7. The zero-order valence-corrected chi connectivity index (χ0v) is 9.61. The third-order valence-electron chi connectivity index (χ3n) is 3.90. The van der Waals surface area contributed by atoms with Gasteiger partial charge in [-0.05, 0) is 25.3 Å². The summed E-state index contributed by atoms with van der Waals surface area (Å²) >= 11 is 0. The van der Waals surface area contributed by atoms with Crippen molar-refractivity contribution < 1.29 is 5.11 Å². The molecule has 3 nitrogen and oxygen atoms in total. The predicted octanol–water partition coefficient (Wildman–Crippen LogP) is 2.42. The lowest BCUT2D eigenvalue weighted by Crippen LogP contribution is -2.25. The molecule has 0 radical (unpaired) electrons. The smallest absolute Gasteiger partial charge is 0.103 e. The molecule has 1 N–H and O–H groups in total. The van der Waals surface area contributed by atoms with Crippen LogP contribution in [-0.2, 0) is 7.05 Å². The van der Waals surface area contributed by atoms with Gasteiger partial charge in [0, 0.05) is 18.7 Å². The number of aromatic nitrogens is 2. The summed E-state index contributed by atoms with van der Waals surface area (Å²) in [7, 11) is 1.89. The average molecular weight is 208 g/mol. The first-order chi connectivity index (χ1) is 7.18. The zero-order valence-electron chi connectivity index (χ0n) is 9.61. The molecule has 15 heavy (non-hydrogen) atoms. The lowest BCUT2D eigenvalue weighted by atomic mass is 9.77. The molecule has 84 valence electrons. The molecule has 0 saturated heterocycles. The van der Waals surface area contributed by atoms with Gasteiger partial charge in [-0.3, -0.25) is 4.68 Å². The fourth-order valence-corrected chi connectivity index (χ4v) is 2.79. The molecular formula is C12H20N2O. The molecule has 1 fully saturated rings. The Labute approximate surface area is 91.1 Å². The maximum Gasteiger partial charge on any atom is 0.103 e. The van der Waals surface area contributed by atoms with Crippen LogP contribution in [0.1, 0.15) is 50.8 Å². The van der Waals surface area contributed by atoms with Crippen LogP contribution in [-0.4, -0.2) is 14.9 Å². The van der Waals surface area contributed by atoms with Crippen molar-refractivity contribution in [2.75, 3.05) is 0 Å². The molecular weight excluding hydrogens is 188 g/mol. The lowest BCUT2D eigenvalue weighted by Gasteiger charge is -2.32. The van der Waals surface area contributed by atoms with Crippen LogP contribution in [0.5, 0.6) is 0 Å². The SMILES string of the molecule is CCC1(C(O)c2ccn(C)n2)CCCC1. The van der Waals surface area contributed by atoms with Gasteiger partial charge in [0.05, 0.1) is 5.69 Å². The lowest BCUT2D eigenvalue weighted by molar-refractivity contribution is 0.0201. The fourth-order valence-electron chi connectivity index (χ4n) is 2.79. The molecule has 0 bridgehead atoms. The highest BCUT2D eigenvalue weighted by atomic mass is 16.3. The molecule has 1 heterocycles. The monoisotopic (exact) mass is 208 g/mol. The van der Waals surface area contributed by atoms with Gasteiger partial charge in [0.1, 0.15) is 6.10 Å². The summed E-state index contributed by atoms with van der Waals surface area (Å²) in [5, 5.41) is 14.7. The van der Waals surface area contributed by atoms with Gasteiger partial charge in [0.15, 0.2) is 0 Å². The van der Waals surface area contributed by atoms with E-state index in [4.69, 9.17) is 0 Å². The molecule has 1 aliphatic carbocycles. The topological polar surface area (TPSA) is 38.0 Å². The molecule has 1 atom stereocenters. The largest absolute Gasteiger partial charge is 0.386 e. The first-order valence-corrected chi connectivity index (χ1v) is 5.85. The Morgan fingerprint density at radius 1 is 1.53 bits per heavy atom. The van der Waals surface area contributed by atoms with Crippen LogP contribution in [0.25, 0.3) is 0 Å².